The van der Waals surface area contributed by atoms with E-state index in [4.69, 9.17) is 0 Å². The van der Waals surface area contributed by atoms with Crippen molar-refractivity contribution in [1.29, 1.82) is 0 Å². The smallest absolute Gasteiger partial charge is 0.545 e. The summed E-state index contributed by atoms with van der Waals surface area (Å²) in [6.45, 7) is 6.50. The molecule has 8 nitrogen and oxygen atoms in total. The number of allylic oxidation sites excluding steroid dienone is 1. The number of carbonyl (C=O) groups excluding carboxylic acids is 4. The van der Waals surface area contributed by atoms with Gasteiger partial charge in [0.1, 0.15) is 0 Å². The van der Waals surface area contributed by atoms with E-state index in [0.717, 1.165) is 0 Å². The number of carboxylic acid groups (broad SMARTS) is 4. The van der Waals surface area contributed by atoms with Crippen LogP contribution in [-0.4, -0.2) is 23.9 Å². The van der Waals surface area contributed by atoms with Crippen molar-refractivity contribution in [3.8, 4) is 0 Å². The molecular weight excluding hydrogens is 548 g/mol. The number of hydrogen-bond acceptors (Lipinski definition) is 8. The Hall–Kier alpha value is -4.92. The summed E-state index contributed by atoms with van der Waals surface area (Å²) in [6.07, 6.45) is 1.50. The summed E-state index contributed by atoms with van der Waals surface area (Å²) < 4.78 is 0. The Bertz CT molecular complexity index is 1070. The van der Waals surface area contributed by atoms with Crippen LogP contribution in [0.5, 0.6) is 0 Å². The summed E-state index contributed by atoms with van der Waals surface area (Å²) in [5.74, 6) is -4.52. The summed E-state index contributed by atoms with van der Waals surface area (Å²) in [4.78, 5) is 40.4. The third-order valence-electron chi connectivity index (χ3n) is 4.04. The average molecular weight is 573 g/mol. The molecule has 202 valence electrons. The minimum absolute atomic E-state index is 0. The van der Waals surface area contributed by atoms with Crippen molar-refractivity contribution in [2.24, 2.45) is 0 Å². The van der Waals surface area contributed by atoms with Crippen molar-refractivity contribution < 1.29 is 61.3 Å². The number of hydrogen-bond donors (Lipinski definition) is 0. The normalized spacial score (nSPS) is 8.30. The van der Waals surface area contributed by atoms with Crippen molar-refractivity contribution in [2.75, 3.05) is 0 Å². The van der Waals surface area contributed by atoms with Crippen molar-refractivity contribution in [2.45, 2.75) is 0 Å². The molecule has 0 aliphatic heterocycles. The topological polar surface area (TPSA) is 161 Å². The fourth-order valence-corrected chi connectivity index (χ4v) is 2.30. The molecule has 4 aromatic rings. The van der Waals surface area contributed by atoms with Crippen LogP contribution in [0, 0.1) is 6.92 Å². The Morgan fingerprint density at radius 1 is 0.450 bits per heavy atom. The van der Waals surface area contributed by atoms with Crippen molar-refractivity contribution in [3.63, 3.8) is 0 Å². The zero-order valence-corrected chi connectivity index (χ0v) is 22.9. The predicted molar refractivity (Wildman–Crippen MR) is 139 cm³/mol. The minimum Gasteiger partial charge on any atom is -0.545 e. The van der Waals surface area contributed by atoms with Crippen molar-refractivity contribution in [3.05, 3.63) is 163 Å². The number of aromatic carboxylic acids is 4. The first-order valence-corrected chi connectivity index (χ1v) is 11.1. The molecule has 0 heterocycles. The molecule has 4 rings (SSSR count). The first kappa shape index (κ1) is 37.2. The average Bonchev–Trinajstić information content (AvgIpc) is 2.96. The van der Waals surface area contributed by atoms with E-state index in [1.165, 1.54) is 54.6 Å². The van der Waals surface area contributed by atoms with Gasteiger partial charge in [-0.05, 0) is 22.3 Å². The van der Waals surface area contributed by atoms with Gasteiger partial charge in [0.05, 0.1) is 23.9 Å². The molecule has 0 N–H and O–H groups in total. The Balaban J connectivity index is 0. The van der Waals surface area contributed by atoms with Crippen LogP contribution in [0.2, 0.25) is 0 Å². The summed E-state index contributed by atoms with van der Waals surface area (Å²) >= 11 is 0. The molecule has 0 bridgehead atoms. The van der Waals surface area contributed by atoms with Gasteiger partial charge >= 0.3 is 21.7 Å². The van der Waals surface area contributed by atoms with Crippen LogP contribution in [-0.2, 0) is 21.7 Å². The van der Waals surface area contributed by atoms with Gasteiger partial charge < -0.3 is 39.6 Å². The SMILES string of the molecule is C=C[CH2-].O=C([O-])c1ccccc1.O=C([O-])c1ccccc1.O=C([O-])c1ccccc1.O=C([O-])c1ccccc1.[Ti+4]. The maximum absolute atomic E-state index is 10.1. The molecule has 0 radical (unpaired) electrons. The second kappa shape index (κ2) is 23.2. The molecule has 0 unspecified atom stereocenters. The first-order chi connectivity index (χ1) is 18.6. The Morgan fingerprint density at radius 2 is 0.575 bits per heavy atom. The van der Waals surface area contributed by atoms with Crippen LogP contribution in [0.15, 0.2) is 134 Å². The zero-order valence-electron chi connectivity index (χ0n) is 21.3. The number of rotatable bonds is 4. The molecule has 0 aliphatic rings. The van der Waals surface area contributed by atoms with Gasteiger partial charge in [-0.25, -0.2) is 19.6 Å². The number of benzene rings is 4. The maximum Gasteiger partial charge on any atom is 4.00 e. The molecule has 40 heavy (non-hydrogen) atoms. The monoisotopic (exact) mass is 573 g/mol. The molecule has 0 spiro atoms. The molecule has 0 fully saturated rings. The van der Waals surface area contributed by atoms with Gasteiger partial charge in [0.2, 0.25) is 0 Å². The van der Waals surface area contributed by atoms with E-state index in [1.54, 1.807) is 72.8 Å². The Labute approximate surface area is 247 Å². The molecular formula is C31H25O8Ti-. The van der Waals surface area contributed by atoms with E-state index < -0.39 is 23.9 Å². The summed E-state index contributed by atoms with van der Waals surface area (Å²) in [5.41, 5.74) is 0.880. The molecule has 0 aliphatic carbocycles. The Morgan fingerprint density at radius 3 is 0.650 bits per heavy atom. The molecule has 4 aromatic carbocycles. The van der Waals surface area contributed by atoms with Crippen LogP contribution < -0.4 is 20.4 Å². The fraction of sp³-hybridized carbons (Fsp3) is 0. The van der Waals surface area contributed by atoms with Gasteiger partial charge in [0.25, 0.3) is 0 Å². The molecule has 0 atom stereocenters. The zero-order chi connectivity index (χ0) is 29.5. The van der Waals surface area contributed by atoms with Crippen LogP contribution in [0.4, 0.5) is 0 Å². The van der Waals surface area contributed by atoms with Gasteiger partial charge in [-0.2, -0.15) is 0 Å². The first-order valence-electron chi connectivity index (χ1n) is 11.1. The molecule has 9 heteroatoms. The molecule has 0 saturated carbocycles. The third-order valence-corrected chi connectivity index (χ3v) is 4.04. The van der Waals surface area contributed by atoms with Crippen LogP contribution >= 0.6 is 0 Å². The van der Waals surface area contributed by atoms with Gasteiger partial charge in [-0.1, -0.05) is 121 Å². The van der Waals surface area contributed by atoms with Crippen LogP contribution in [0.1, 0.15) is 41.4 Å². The quantitative estimate of drug-likeness (QED) is 0.260. The largest absolute Gasteiger partial charge is 4.00 e. The van der Waals surface area contributed by atoms with Crippen LogP contribution in [0.3, 0.4) is 0 Å². The van der Waals surface area contributed by atoms with Gasteiger partial charge in [-0.3, -0.25) is 0 Å². The number of carbonyl (C=O) groups is 4. The van der Waals surface area contributed by atoms with E-state index in [-0.39, 0.29) is 44.0 Å². The third kappa shape index (κ3) is 18.3. The summed E-state index contributed by atoms with van der Waals surface area (Å²) in [7, 11) is 0. The van der Waals surface area contributed by atoms with Gasteiger partial charge in [-0.15, -0.1) is 0 Å². The van der Waals surface area contributed by atoms with Crippen molar-refractivity contribution >= 4 is 23.9 Å². The van der Waals surface area contributed by atoms with E-state index in [0.29, 0.717) is 0 Å². The fourth-order valence-electron chi connectivity index (χ4n) is 2.30. The summed E-state index contributed by atoms with van der Waals surface area (Å²) in [6, 6.07) is 32.3. The minimum atomic E-state index is -1.13. The molecule has 0 aromatic heterocycles. The van der Waals surface area contributed by atoms with Gasteiger partial charge in [0, 0.05) is 0 Å². The standard InChI is InChI=1S/4C7H6O2.C3H5.Ti/c4*8-7(9)6-4-2-1-3-5-6;1-3-2;/h4*1-5H,(H,8,9);3H,1-2H2;/q;;;;-1;+4/p-4. The van der Waals surface area contributed by atoms with E-state index >= 15 is 0 Å². The van der Waals surface area contributed by atoms with E-state index in [1.807, 2.05) is 0 Å². The van der Waals surface area contributed by atoms with E-state index in [9.17, 15) is 39.6 Å². The number of carboxylic acids is 4. The second-order valence-electron chi connectivity index (χ2n) is 6.90. The predicted octanol–water partition coefficient (Wildman–Crippen LogP) is 1.20. The van der Waals surface area contributed by atoms with Crippen molar-refractivity contribution in [1.82, 2.24) is 0 Å². The summed E-state index contributed by atoms with van der Waals surface area (Å²) in [5, 5.41) is 40.4. The van der Waals surface area contributed by atoms with Crippen LogP contribution in [0.25, 0.3) is 0 Å². The molecule has 0 saturated heterocycles. The van der Waals surface area contributed by atoms with E-state index in [2.05, 4.69) is 13.5 Å². The van der Waals surface area contributed by atoms with Gasteiger partial charge in [0.15, 0.2) is 0 Å². The molecule has 0 amide bonds. The maximum atomic E-state index is 10.1. The Kier molecular flexibility index (Phi) is 21.6. The second-order valence-corrected chi connectivity index (χ2v) is 6.90.